The van der Waals surface area contributed by atoms with E-state index in [1.54, 1.807) is 12.1 Å². The quantitative estimate of drug-likeness (QED) is 0.0993. The average Bonchev–Trinajstić information content (AvgIpc) is 3.63. The fourth-order valence-corrected chi connectivity index (χ4v) is 7.27. The number of aromatic nitrogens is 4. The van der Waals surface area contributed by atoms with Crippen LogP contribution in [0.25, 0.3) is 0 Å². The Kier molecular flexibility index (Phi) is 15.5. The van der Waals surface area contributed by atoms with Crippen LogP contribution in [0.15, 0.2) is 48.5 Å². The molecule has 4 rings (SSSR count). The molecule has 2 aromatic carbocycles. The fraction of sp³-hybridized carbons (Fsp3) is 0.561. The molecule has 0 fully saturated rings. The first-order valence-electron chi connectivity index (χ1n) is 19.2. The summed E-state index contributed by atoms with van der Waals surface area (Å²) in [5, 5.41) is 7.91. The van der Waals surface area contributed by atoms with Crippen molar-refractivity contribution in [1.82, 2.24) is 19.7 Å². The van der Waals surface area contributed by atoms with Crippen LogP contribution in [0.4, 0.5) is 35.1 Å². The first-order chi connectivity index (χ1) is 26.2. The SMILES string of the molecule is CCc1ccc(Cc2c(C(C)(C)C)nn(O[SiH](C)C)c2C(F)(F)F)cc1.CCc1ccc(Cc2c(O[Si](C)(C)C(C)(C)C)nn(C(CF)CF)c2C(F)(F)F)cc1. The zero-order chi connectivity index (χ0) is 43.3. The molecule has 0 aliphatic carbocycles. The molecule has 2 heterocycles. The van der Waals surface area contributed by atoms with Gasteiger partial charge in [-0.2, -0.15) is 26.3 Å². The van der Waals surface area contributed by atoms with Gasteiger partial charge in [-0.25, -0.2) is 13.5 Å². The van der Waals surface area contributed by atoms with Gasteiger partial charge in [-0.1, -0.05) is 104 Å². The predicted octanol–water partition coefficient (Wildman–Crippen LogP) is 11.7. The molecule has 0 radical (unpaired) electrons. The topological polar surface area (TPSA) is 54.1 Å². The van der Waals surface area contributed by atoms with E-state index in [4.69, 9.17) is 8.95 Å². The lowest BCUT2D eigenvalue weighted by Gasteiger charge is -2.35. The van der Waals surface area contributed by atoms with Crippen LogP contribution in [-0.2, 0) is 43.5 Å². The van der Waals surface area contributed by atoms with E-state index < -0.39 is 65.9 Å². The first kappa shape index (κ1) is 47.7. The highest BCUT2D eigenvalue weighted by Crippen LogP contribution is 2.43. The van der Waals surface area contributed by atoms with Gasteiger partial charge in [0, 0.05) is 29.4 Å². The summed E-state index contributed by atoms with van der Waals surface area (Å²) < 4.78 is 123. The summed E-state index contributed by atoms with van der Waals surface area (Å²) >= 11 is 0. The summed E-state index contributed by atoms with van der Waals surface area (Å²) in [6.07, 6.45) is -7.60. The second kappa shape index (κ2) is 18.5. The lowest BCUT2D eigenvalue weighted by molar-refractivity contribution is -0.150. The molecule has 0 aliphatic rings. The van der Waals surface area contributed by atoms with Crippen molar-refractivity contribution in [3.8, 4) is 5.88 Å². The molecule has 0 aliphatic heterocycles. The average molecular weight is 847 g/mol. The van der Waals surface area contributed by atoms with Gasteiger partial charge in [0.05, 0.1) is 5.69 Å². The van der Waals surface area contributed by atoms with Crippen LogP contribution in [0.1, 0.15) is 112 Å². The second-order valence-electron chi connectivity index (χ2n) is 17.0. The van der Waals surface area contributed by atoms with E-state index in [0.29, 0.717) is 15.9 Å². The normalized spacial score (nSPS) is 12.9. The van der Waals surface area contributed by atoms with Gasteiger partial charge in [-0.3, -0.25) is 0 Å². The highest BCUT2D eigenvalue weighted by molar-refractivity contribution is 6.74. The monoisotopic (exact) mass is 846 g/mol. The zero-order valence-corrected chi connectivity index (χ0v) is 37.3. The van der Waals surface area contributed by atoms with Crippen LogP contribution in [-0.4, -0.2) is 50.4 Å². The summed E-state index contributed by atoms with van der Waals surface area (Å²) in [6.45, 7) is 20.3. The lowest BCUT2D eigenvalue weighted by atomic mass is 9.86. The molecule has 4 aromatic rings. The molecule has 6 nitrogen and oxygen atoms in total. The van der Waals surface area contributed by atoms with Crippen molar-refractivity contribution in [1.29, 1.82) is 0 Å². The summed E-state index contributed by atoms with van der Waals surface area (Å²) in [5.74, 6) is -0.189. The minimum atomic E-state index is -4.84. The second-order valence-corrected chi connectivity index (χ2v) is 24.1. The summed E-state index contributed by atoms with van der Waals surface area (Å²) in [5.41, 5.74) is 1.67. The van der Waals surface area contributed by atoms with Crippen molar-refractivity contribution < 1.29 is 44.1 Å². The number of hydrogen-bond acceptors (Lipinski definition) is 4. The van der Waals surface area contributed by atoms with Crippen molar-refractivity contribution in [2.24, 2.45) is 0 Å². The fourth-order valence-electron chi connectivity index (χ4n) is 5.77. The first-order valence-corrected chi connectivity index (χ1v) is 24.9. The van der Waals surface area contributed by atoms with E-state index in [9.17, 15) is 35.1 Å². The number of alkyl halides is 8. The van der Waals surface area contributed by atoms with Crippen LogP contribution < -0.4 is 8.95 Å². The molecule has 0 saturated heterocycles. The molecule has 0 amide bonds. The molecule has 57 heavy (non-hydrogen) atoms. The van der Waals surface area contributed by atoms with Crippen molar-refractivity contribution in [2.75, 3.05) is 13.3 Å². The molecule has 16 heteroatoms. The van der Waals surface area contributed by atoms with Crippen LogP contribution in [0, 0.1) is 0 Å². The van der Waals surface area contributed by atoms with E-state index >= 15 is 0 Å². The molecule has 0 saturated carbocycles. The Morgan fingerprint density at radius 3 is 1.44 bits per heavy atom. The van der Waals surface area contributed by atoms with Gasteiger partial charge in [-0.05, 0) is 66.3 Å². The summed E-state index contributed by atoms with van der Waals surface area (Å²) in [6, 6.07) is 13.3. The Bertz CT molecular complexity index is 1880. The summed E-state index contributed by atoms with van der Waals surface area (Å²) in [4.78, 5) is 0.729. The number of benzene rings is 2. The molecule has 0 spiro atoms. The van der Waals surface area contributed by atoms with Gasteiger partial charge in [0.15, 0.2) is 5.69 Å². The number of nitrogens with zero attached hydrogens (tertiary/aromatic N) is 4. The van der Waals surface area contributed by atoms with Crippen molar-refractivity contribution in [3.63, 3.8) is 0 Å². The molecule has 0 bridgehead atoms. The molecule has 0 atom stereocenters. The number of halogens is 8. The molecule has 2 aromatic heterocycles. The zero-order valence-electron chi connectivity index (χ0n) is 35.1. The van der Waals surface area contributed by atoms with E-state index in [0.717, 1.165) is 34.4 Å². The Labute approximate surface area is 334 Å². The molecule has 0 unspecified atom stereocenters. The third kappa shape index (κ3) is 12.2. The van der Waals surface area contributed by atoms with Crippen LogP contribution in [0.5, 0.6) is 5.88 Å². The number of hydrogen-bond donors (Lipinski definition) is 0. The highest BCUT2D eigenvalue weighted by Gasteiger charge is 2.46. The van der Waals surface area contributed by atoms with Gasteiger partial charge in [0.1, 0.15) is 25.1 Å². The van der Waals surface area contributed by atoms with Gasteiger partial charge in [-0.15, -0.1) is 15.0 Å². The smallest absolute Gasteiger partial charge is 0.436 e. The highest BCUT2D eigenvalue weighted by atomic mass is 28.4. The van der Waals surface area contributed by atoms with Crippen molar-refractivity contribution in [3.05, 3.63) is 99.0 Å². The minimum absolute atomic E-state index is 0.103. The van der Waals surface area contributed by atoms with Crippen molar-refractivity contribution >= 4 is 17.4 Å². The van der Waals surface area contributed by atoms with Gasteiger partial charge in [0.25, 0.3) is 17.4 Å². The summed E-state index contributed by atoms with van der Waals surface area (Å²) in [7, 11) is -4.32. The maximum atomic E-state index is 14.1. The maximum Gasteiger partial charge on any atom is 0.436 e. The maximum absolute atomic E-state index is 14.1. The van der Waals surface area contributed by atoms with E-state index in [1.807, 2.05) is 118 Å². The van der Waals surface area contributed by atoms with Crippen molar-refractivity contribution in [2.45, 2.75) is 136 Å². The van der Waals surface area contributed by atoms with Gasteiger partial charge >= 0.3 is 12.4 Å². The Balaban J connectivity index is 0.000000310. The molecular weight excluding hydrogens is 789 g/mol. The third-order valence-electron chi connectivity index (χ3n) is 9.97. The Morgan fingerprint density at radius 1 is 0.667 bits per heavy atom. The largest absolute Gasteiger partial charge is 0.529 e. The van der Waals surface area contributed by atoms with Crippen LogP contribution >= 0.6 is 0 Å². The third-order valence-corrected chi connectivity index (χ3v) is 14.9. The van der Waals surface area contributed by atoms with E-state index in [1.165, 1.54) is 0 Å². The number of rotatable bonds is 13. The molecule has 318 valence electrons. The van der Waals surface area contributed by atoms with Crippen LogP contribution in [0.2, 0.25) is 31.2 Å². The lowest BCUT2D eigenvalue weighted by Crippen LogP contribution is -2.44. The minimum Gasteiger partial charge on any atom is -0.529 e. The van der Waals surface area contributed by atoms with Crippen LogP contribution in [0.3, 0.4) is 0 Å². The Morgan fingerprint density at radius 2 is 1.09 bits per heavy atom. The molecular formula is C41H58F8N4O2Si2. The van der Waals surface area contributed by atoms with E-state index in [-0.39, 0.29) is 34.9 Å². The predicted molar refractivity (Wildman–Crippen MR) is 215 cm³/mol. The number of aryl methyl sites for hydroxylation is 2. The molecule has 0 N–H and O–H groups in total. The van der Waals surface area contributed by atoms with Gasteiger partial charge < -0.3 is 8.95 Å². The van der Waals surface area contributed by atoms with E-state index in [2.05, 4.69) is 10.2 Å². The Hall–Kier alpha value is -3.67. The standard InChI is InChI=1S/C22H31F5N2OSi.C19H27F3N2OSi/c1-7-15-8-10-16(11-9-15)12-18-19(22(25,26)27)29(17(13-23)14-24)28-20(18)30-31(5,6)21(2,3)4;1-7-13-8-10-14(11-9-13)12-15-16(18(2,3)4)23-24(25-26(5)6)17(15)19(20,21)22/h8-11,17H,7,12-14H2,1-6H3;8-11,26H,7,12H2,1-6H3. The van der Waals surface area contributed by atoms with Gasteiger partial charge in [0.2, 0.25) is 5.88 Å².